The number of rotatable bonds is 7. The maximum absolute atomic E-state index is 13.0. The first-order chi connectivity index (χ1) is 11.5. The molecule has 1 aromatic heterocycles. The fraction of sp³-hybridized carbons (Fsp3) is 0.200. The Hall–Kier alpha value is -3.10. The van der Waals surface area contributed by atoms with Gasteiger partial charge in [0, 0.05) is 12.6 Å². The Bertz CT molecular complexity index is 738. The molecular formula is C15H13F2N3O4. The Morgan fingerprint density at radius 1 is 1.25 bits per heavy atom. The summed E-state index contributed by atoms with van der Waals surface area (Å²) in [4.78, 5) is 25.4. The number of ether oxygens (including phenoxy) is 1. The number of carbonyl (C=O) groups is 1. The number of nitro groups is 1. The topological polar surface area (TPSA) is 94.4 Å². The molecule has 0 bridgehead atoms. The fourth-order valence-corrected chi connectivity index (χ4v) is 1.76. The average molecular weight is 337 g/mol. The molecule has 1 aromatic carbocycles. The third kappa shape index (κ3) is 4.70. The summed E-state index contributed by atoms with van der Waals surface area (Å²) in [7, 11) is 0. The summed E-state index contributed by atoms with van der Waals surface area (Å²) in [6.07, 6.45) is 1.57. The molecule has 0 saturated heterocycles. The molecule has 1 heterocycles. The zero-order chi connectivity index (χ0) is 17.5. The van der Waals surface area contributed by atoms with E-state index in [-0.39, 0.29) is 17.9 Å². The number of nitrogens with one attached hydrogen (secondary N) is 1. The summed E-state index contributed by atoms with van der Waals surface area (Å²) in [5.74, 6) is -2.45. The van der Waals surface area contributed by atoms with Crippen molar-refractivity contribution < 1.29 is 23.2 Å². The highest BCUT2D eigenvalue weighted by Crippen LogP contribution is 2.12. The maximum atomic E-state index is 13.0. The molecule has 9 heteroatoms. The van der Waals surface area contributed by atoms with Gasteiger partial charge in [-0.1, -0.05) is 0 Å². The van der Waals surface area contributed by atoms with Gasteiger partial charge in [0.2, 0.25) is 0 Å². The number of esters is 1. The van der Waals surface area contributed by atoms with Gasteiger partial charge in [-0.2, -0.15) is 0 Å². The van der Waals surface area contributed by atoms with Crippen LogP contribution in [0.1, 0.15) is 16.8 Å². The number of aromatic nitrogens is 1. The first kappa shape index (κ1) is 17.3. The number of hydrogen-bond acceptors (Lipinski definition) is 6. The number of hydrogen-bond donors (Lipinski definition) is 1. The lowest BCUT2D eigenvalue weighted by Crippen LogP contribution is -2.11. The molecule has 0 spiro atoms. The van der Waals surface area contributed by atoms with E-state index in [1.807, 2.05) is 0 Å². The molecule has 0 aliphatic heterocycles. The van der Waals surface area contributed by atoms with Crippen molar-refractivity contribution in [3.05, 3.63) is 63.8 Å². The van der Waals surface area contributed by atoms with Crippen LogP contribution in [-0.4, -0.2) is 29.0 Å². The second kappa shape index (κ2) is 7.95. The van der Waals surface area contributed by atoms with Crippen LogP contribution in [0.2, 0.25) is 0 Å². The minimum atomic E-state index is -1.12. The van der Waals surface area contributed by atoms with Gasteiger partial charge in [0.1, 0.15) is 12.0 Å². The largest absolute Gasteiger partial charge is 0.462 e. The summed E-state index contributed by atoms with van der Waals surface area (Å²) < 4.78 is 30.7. The zero-order valence-electron chi connectivity index (χ0n) is 12.4. The van der Waals surface area contributed by atoms with E-state index in [1.54, 1.807) is 0 Å². The van der Waals surface area contributed by atoms with Crippen LogP contribution in [0.4, 0.5) is 20.3 Å². The lowest BCUT2D eigenvalue weighted by molar-refractivity contribution is -0.385. The van der Waals surface area contributed by atoms with Crippen molar-refractivity contribution in [3.8, 4) is 0 Å². The van der Waals surface area contributed by atoms with Crippen molar-refractivity contribution >= 4 is 17.5 Å². The third-order valence-corrected chi connectivity index (χ3v) is 2.97. The van der Waals surface area contributed by atoms with Gasteiger partial charge >= 0.3 is 5.97 Å². The smallest absolute Gasteiger partial charge is 0.338 e. The number of halogens is 2. The Morgan fingerprint density at radius 2 is 2.04 bits per heavy atom. The van der Waals surface area contributed by atoms with E-state index in [0.29, 0.717) is 18.8 Å². The second-order valence-corrected chi connectivity index (χ2v) is 4.70. The summed E-state index contributed by atoms with van der Waals surface area (Å²) in [6.45, 7) is 0.480. The van der Waals surface area contributed by atoms with Gasteiger partial charge in [-0.3, -0.25) is 10.1 Å². The minimum absolute atomic E-state index is 0.0673. The molecule has 2 rings (SSSR count). The molecule has 0 unspecified atom stereocenters. The van der Waals surface area contributed by atoms with Gasteiger partial charge in [-0.15, -0.1) is 0 Å². The van der Waals surface area contributed by atoms with Gasteiger partial charge < -0.3 is 10.1 Å². The van der Waals surface area contributed by atoms with Crippen molar-refractivity contribution in [1.29, 1.82) is 0 Å². The number of nitrogens with zero attached hydrogens (tertiary/aromatic N) is 2. The number of benzene rings is 1. The van der Waals surface area contributed by atoms with Gasteiger partial charge in [0.25, 0.3) is 5.69 Å². The Kier molecular flexibility index (Phi) is 5.72. The van der Waals surface area contributed by atoms with Crippen LogP contribution in [0.15, 0.2) is 36.5 Å². The van der Waals surface area contributed by atoms with Gasteiger partial charge in [0.15, 0.2) is 11.6 Å². The van der Waals surface area contributed by atoms with E-state index in [2.05, 4.69) is 10.3 Å². The van der Waals surface area contributed by atoms with Crippen LogP contribution in [0.25, 0.3) is 0 Å². The standard InChI is InChI=1S/C15H13F2N3O4/c16-12-4-2-10(8-13(12)17)15(21)24-7-1-6-18-14-5-3-11(9-19-14)20(22)23/h2-5,8-9H,1,6-7H2,(H,18,19). The van der Waals surface area contributed by atoms with E-state index in [0.717, 1.165) is 24.4 Å². The highest BCUT2D eigenvalue weighted by atomic mass is 19.2. The molecule has 0 saturated carbocycles. The van der Waals surface area contributed by atoms with Crippen LogP contribution >= 0.6 is 0 Å². The van der Waals surface area contributed by atoms with Crippen LogP contribution in [0.3, 0.4) is 0 Å². The molecule has 0 amide bonds. The average Bonchev–Trinajstić information content (AvgIpc) is 2.57. The highest BCUT2D eigenvalue weighted by molar-refractivity contribution is 5.89. The number of pyridine rings is 1. The van der Waals surface area contributed by atoms with Crippen molar-refractivity contribution in [2.45, 2.75) is 6.42 Å². The van der Waals surface area contributed by atoms with Crippen LogP contribution in [0.5, 0.6) is 0 Å². The monoisotopic (exact) mass is 337 g/mol. The first-order valence-corrected chi connectivity index (χ1v) is 6.94. The summed E-state index contributed by atoms with van der Waals surface area (Å²) in [5, 5.41) is 13.4. The molecule has 0 aliphatic carbocycles. The van der Waals surface area contributed by atoms with Gasteiger partial charge in [-0.25, -0.2) is 18.6 Å². The summed E-state index contributed by atoms with van der Waals surface area (Å²) in [6, 6.07) is 5.55. The number of anilines is 1. The normalized spacial score (nSPS) is 10.2. The van der Waals surface area contributed by atoms with E-state index in [4.69, 9.17) is 4.74 Å². The van der Waals surface area contributed by atoms with E-state index in [1.165, 1.54) is 12.1 Å². The molecular weight excluding hydrogens is 324 g/mol. The SMILES string of the molecule is O=C(OCCCNc1ccc([N+](=O)[O-])cn1)c1ccc(F)c(F)c1. The minimum Gasteiger partial charge on any atom is -0.462 e. The predicted molar refractivity (Wildman–Crippen MR) is 80.6 cm³/mol. The highest BCUT2D eigenvalue weighted by Gasteiger charge is 2.10. The second-order valence-electron chi connectivity index (χ2n) is 4.70. The molecule has 24 heavy (non-hydrogen) atoms. The lowest BCUT2D eigenvalue weighted by Gasteiger charge is -2.07. The Labute approximate surface area is 135 Å². The van der Waals surface area contributed by atoms with Crippen LogP contribution < -0.4 is 5.32 Å². The molecule has 0 atom stereocenters. The summed E-state index contributed by atoms with van der Waals surface area (Å²) in [5.41, 5.74) is -0.181. The lowest BCUT2D eigenvalue weighted by atomic mass is 10.2. The van der Waals surface area contributed by atoms with Crippen LogP contribution in [0, 0.1) is 21.7 Å². The third-order valence-electron chi connectivity index (χ3n) is 2.97. The van der Waals surface area contributed by atoms with Gasteiger partial charge in [0.05, 0.1) is 17.1 Å². The van der Waals surface area contributed by atoms with E-state index < -0.39 is 22.5 Å². The van der Waals surface area contributed by atoms with Crippen molar-refractivity contribution in [2.75, 3.05) is 18.5 Å². The maximum Gasteiger partial charge on any atom is 0.338 e. The van der Waals surface area contributed by atoms with E-state index >= 15 is 0 Å². The quantitative estimate of drug-likeness (QED) is 0.361. The molecule has 0 radical (unpaired) electrons. The molecule has 2 aromatic rings. The number of carbonyl (C=O) groups excluding carboxylic acids is 1. The van der Waals surface area contributed by atoms with Crippen LogP contribution in [-0.2, 0) is 4.74 Å². The Morgan fingerprint density at radius 3 is 2.67 bits per heavy atom. The van der Waals surface area contributed by atoms with Gasteiger partial charge in [-0.05, 0) is 30.7 Å². The molecule has 1 N–H and O–H groups in total. The van der Waals surface area contributed by atoms with E-state index in [9.17, 15) is 23.7 Å². The molecule has 7 nitrogen and oxygen atoms in total. The zero-order valence-corrected chi connectivity index (χ0v) is 12.4. The fourth-order valence-electron chi connectivity index (χ4n) is 1.76. The predicted octanol–water partition coefficient (Wildman–Crippen LogP) is 2.93. The Balaban J connectivity index is 1.71. The molecule has 126 valence electrons. The summed E-state index contributed by atoms with van der Waals surface area (Å²) >= 11 is 0. The molecule has 0 fully saturated rings. The van der Waals surface area contributed by atoms with Crippen molar-refractivity contribution in [1.82, 2.24) is 4.98 Å². The molecule has 0 aliphatic rings. The first-order valence-electron chi connectivity index (χ1n) is 6.94. The van der Waals surface area contributed by atoms with Crippen molar-refractivity contribution in [3.63, 3.8) is 0 Å². The van der Waals surface area contributed by atoms with Crippen molar-refractivity contribution in [2.24, 2.45) is 0 Å².